The molecule has 2 aliphatic carbocycles. The van der Waals surface area contributed by atoms with Crippen molar-refractivity contribution >= 4 is 0 Å². The first kappa shape index (κ1) is 19.8. The highest BCUT2D eigenvalue weighted by Crippen LogP contribution is 2.36. The maximum absolute atomic E-state index is 2.37. The highest BCUT2D eigenvalue weighted by atomic mass is 14.3. The minimum atomic E-state index is 0.996. The molecule has 0 aromatic rings. The zero-order valence-corrected chi connectivity index (χ0v) is 16.5. The van der Waals surface area contributed by atoms with Crippen LogP contribution in [0.4, 0.5) is 0 Å². The van der Waals surface area contributed by atoms with Crippen LogP contribution in [-0.4, -0.2) is 0 Å². The Labute approximate surface area is 152 Å². The van der Waals surface area contributed by atoms with Gasteiger partial charge in [-0.3, -0.25) is 0 Å². The monoisotopic (exact) mass is 330 g/mol. The second-order valence-electron chi connectivity index (χ2n) is 8.67. The van der Waals surface area contributed by atoms with Gasteiger partial charge in [-0.05, 0) is 76.0 Å². The lowest BCUT2D eigenvalue weighted by Crippen LogP contribution is -2.15. The van der Waals surface area contributed by atoms with Crippen LogP contribution in [0.25, 0.3) is 0 Å². The molecule has 0 spiro atoms. The lowest BCUT2D eigenvalue weighted by atomic mass is 9.77. The molecule has 0 amide bonds. The molecule has 0 heteroatoms. The summed E-state index contributed by atoms with van der Waals surface area (Å²) in [6.45, 7) is 4.31. The first-order chi connectivity index (χ1) is 11.8. The normalized spacial score (nSPS) is 31.9. The van der Waals surface area contributed by atoms with E-state index in [1.807, 2.05) is 0 Å². The Morgan fingerprint density at radius 2 is 0.875 bits per heavy atom. The van der Waals surface area contributed by atoms with Crippen molar-refractivity contribution in [2.75, 3.05) is 0 Å². The molecule has 0 aliphatic heterocycles. The van der Waals surface area contributed by atoms with Gasteiger partial charge in [0.2, 0.25) is 0 Å². The van der Waals surface area contributed by atoms with Crippen molar-refractivity contribution in [3.05, 3.63) is 24.3 Å². The largest absolute Gasteiger partial charge is 0.0917 e. The molecule has 0 N–H and O–H groups in total. The summed E-state index contributed by atoms with van der Waals surface area (Å²) in [5.74, 6) is 4.11. The van der Waals surface area contributed by atoms with Crippen molar-refractivity contribution in [1.82, 2.24) is 0 Å². The first-order valence-electron chi connectivity index (χ1n) is 11.0. The molecule has 0 saturated heterocycles. The fourth-order valence-electron chi connectivity index (χ4n) is 5.03. The van der Waals surface area contributed by atoms with Crippen LogP contribution in [0.1, 0.15) is 104 Å². The van der Waals surface area contributed by atoms with Gasteiger partial charge in [-0.15, -0.1) is 0 Å². The summed E-state index contributed by atoms with van der Waals surface area (Å²) in [5, 5.41) is 0. The van der Waals surface area contributed by atoms with E-state index in [1.54, 1.807) is 0 Å². The Morgan fingerprint density at radius 1 is 0.542 bits per heavy atom. The molecule has 138 valence electrons. The van der Waals surface area contributed by atoms with Crippen LogP contribution in [0.3, 0.4) is 0 Å². The van der Waals surface area contributed by atoms with E-state index in [2.05, 4.69) is 38.2 Å². The Kier molecular flexibility index (Phi) is 9.85. The van der Waals surface area contributed by atoms with Gasteiger partial charge in [0.1, 0.15) is 0 Å². The van der Waals surface area contributed by atoms with Gasteiger partial charge < -0.3 is 0 Å². The van der Waals surface area contributed by atoms with Gasteiger partial charge in [0.15, 0.2) is 0 Å². The molecular formula is C24H42. The van der Waals surface area contributed by atoms with E-state index in [0.717, 1.165) is 23.7 Å². The van der Waals surface area contributed by atoms with Gasteiger partial charge in [0.05, 0.1) is 0 Å². The zero-order valence-electron chi connectivity index (χ0n) is 16.5. The molecule has 0 atom stereocenters. The van der Waals surface area contributed by atoms with Gasteiger partial charge in [-0.1, -0.05) is 75.7 Å². The van der Waals surface area contributed by atoms with Gasteiger partial charge >= 0.3 is 0 Å². The smallest absolute Gasteiger partial charge is 0.0322 e. The SMILES string of the molecule is C/C=C\CC1CCC(CCCC[C@H]2CC[C@H](C/C=C\C)CC2)CC1. The Balaban J connectivity index is 1.47. The van der Waals surface area contributed by atoms with E-state index in [4.69, 9.17) is 0 Å². The Morgan fingerprint density at radius 3 is 1.21 bits per heavy atom. The van der Waals surface area contributed by atoms with E-state index in [-0.39, 0.29) is 0 Å². The minimum absolute atomic E-state index is 0.996. The number of rotatable bonds is 9. The maximum Gasteiger partial charge on any atom is -0.0322 e. The fraction of sp³-hybridized carbons (Fsp3) is 0.833. The summed E-state index contributed by atoms with van der Waals surface area (Å²) in [4.78, 5) is 0. The highest BCUT2D eigenvalue weighted by Gasteiger charge is 2.21. The molecular weight excluding hydrogens is 288 g/mol. The molecule has 0 aromatic carbocycles. The standard InChI is InChI=1S/C24H42/c1-3-5-9-21-13-17-23(18-14-21)11-7-8-12-24-19-15-22(16-20-24)10-6-4-2/h3-6,21-24H,7-20H2,1-2H3/b5-3-,6-4-/t21-,22?,23-,24?. The minimum Gasteiger partial charge on any atom is -0.0917 e. The molecule has 0 radical (unpaired) electrons. The van der Waals surface area contributed by atoms with Crippen molar-refractivity contribution in [3.8, 4) is 0 Å². The molecule has 0 heterocycles. The van der Waals surface area contributed by atoms with E-state index >= 15 is 0 Å². The molecule has 2 rings (SSSR count). The second-order valence-corrected chi connectivity index (χ2v) is 8.67. The molecule has 0 aromatic heterocycles. The molecule has 0 unspecified atom stereocenters. The number of allylic oxidation sites excluding steroid dienone is 4. The van der Waals surface area contributed by atoms with Gasteiger partial charge in [-0.2, -0.15) is 0 Å². The highest BCUT2D eigenvalue weighted by molar-refractivity contribution is 4.84. The zero-order chi connectivity index (χ0) is 17.0. The van der Waals surface area contributed by atoms with Crippen LogP contribution in [-0.2, 0) is 0 Å². The van der Waals surface area contributed by atoms with Crippen LogP contribution < -0.4 is 0 Å². The third kappa shape index (κ3) is 7.58. The van der Waals surface area contributed by atoms with Crippen molar-refractivity contribution in [2.45, 2.75) is 104 Å². The lowest BCUT2D eigenvalue weighted by Gasteiger charge is -2.29. The first-order valence-corrected chi connectivity index (χ1v) is 11.0. The van der Waals surface area contributed by atoms with Crippen molar-refractivity contribution in [2.24, 2.45) is 23.7 Å². The molecule has 2 aliphatic rings. The van der Waals surface area contributed by atoms with Crippen LogP contribution in [0.5, 0.6) is 0 Å². The van der Waals surface area contributed by atoms with Crippen LogP contribution in [0, 0.1) is 23.7 Å². The third-order valence-corrected chi connectivity index (χ3v) is 6.82. The summed E-state index contributed by atoms with van der Waals surface area (Å²) in [7, 11) is 0. The van der Waals surface area contributed by atoms with E-state index < -0.39 is 0 Å². The molecule has 2 fully saturated rings. The van der Waals surface area contributed by atoms with Gasteiger partial charge in [0, 0.05) is 0 Å². The summed E-state index contributed by atoms with van der Waals surface area (Å²) >= 11 is 0. The lowest BCUT2D eigenvalue weighted by molar-refractivity contribution is 0.243. The van der Waals surface area contributed by atoms with Crippen molar-refractivity contribution < 1.29 is 0 Å². The third-order valence-electron chi connectivity index (χ3n) is 6.82. The summed E-state index contributed by atoms with van der Waals surface area (Å²) < 4.78 is 0. The van der Waals surface area contributed by atoms with E-state index in [9.17, 15) is 0 Å². The number of hydrogen-bond donors (Lipinski definition) is 0. The molecule has 0 bridgehead atoms. The molecule has 0 nitrogen and oxygen atoms in total. The number of hydrogen-bond acceptors (Lipinski definition) is 0. The Hall–Kier alpha value is -0.520. The predicted molar refractivity (Wildman–Crippen MR) is 108 cm³/mol. The van der Waals surface area contributed by atoms with E-state index in [0.29, 0.717) is 0 Å². The maximum atomic E-state index is 2.37. The van der Waals surface area contributed by atoms with Gasteiger partial charge in [0.25, 0.3) is 0 Å². The van der Waals surface area contributed by atoms with Crippen molar-refractivity contribution in [3.63, 3.8) is 0 Å². The predicted octanol–water partition coefficient (Wildman–Crippen LogP) is 8.09. The summed E-state index contributed by atoms with van der Waals surface area (Å²) in [6.07, 6.45) is 29.9. The number of unbranched alkanes of at least 4 members (excludes halogenated alkanes) is 1. The van der Waals surface area contributed by atoms with Crippen LogP contribution in [0.15, 0.2) is 24.3 Å². The topological polar surface area (TPSA) is 0 Å². The summed E-state index contributed by atoms with van der Waals surface area (Å²) in [5.41, 5.74) is 0. The average molecular weight is 331 g/mol. The molecule has 24 heavy (non-hydrogen) atoms. The summed E-state index contributed by atoms with van der Waals surface area (Å²) in [6, 6.07) is 0. The van der Waals surface area contributed by atoms with Crippen LogP contribution in [0.2, 0.25) is 0 Å². The van der Waals surface area contributed by atoms with Gasteiger partial charge in [-0.25, -0.2) is 0 Å². The van der Waals surface area contributed by atoms with Crippen molar-refractivity contribution in [1.29, 1.82) is 0 Å². The fourth-order valence-corrected chi connectivity index (χ4v) is 5.03. The Bertz CT molecular complexity index is 312. The van der Waals surface area contributed by atoms with E-state index in [1.165, 1.54) is 89.9 Å². The second kappa shape index (κ2) is 11.9. The van der Waals surface area contributed by atoms with Crippen LogP contribution >= 0.6 is 0 Å². The average Bonchev–Trinajstić information content (AvgIpc) is 2.64. The molecule has 2 saturated carbocycles. The quantitative estimate of drug-likeness (QED) is 0.296.